The van der Waals surface area contributed by atoms with Crippen molar-refractivity contribution in [1.29, 1.82) is 0 Å². The molecule has 4 rings (SSSR count). The van der Waals surface area contributed by atoms with Gasteiger partial charge in [-0.25, -0.2) is 0 Å². The van der Waals surface area contributed by atoms with Crippen LogP contribution in [-0.4, -0.2) is 161 Å². The summed E-state index contributed by atoms with van der Waals surface area (Å²) < 4.78 is 35.2. The van der Waals surface area contributed by atoms with Gasteiger partial charge in [-0.2, -0.15) is 0 Å². The van der Waals surface area contributed by atoms with Crippen molar-refractivity contribution >= 4 is 0 Å². The van der Waals surface area contributed by atoms with Crippen molar-refractivity contribution in [1.82, 2.24) is 0 Å². The molecule has 0 spiro atoms. The lowest BCUT2D eigenvalue weighted by molar-refractivity contribution is -0.290. The molecule has 18 N–H and O–H groups in total. The Morgan fingerprint density at radius 2 is 1.31 bits per heavy atom. The van der Waals surface area contributed by atoms with Gasteiger partial charge in [0.05, 0.1) is 43.5 Å². The van der Waals surface area contributed by atoms with Gasteiger partial charge in [0.15, 0.2) is 18.9 Å². The Balaban J connectivity index is 1.48. The van der Waals surface area contributed by atoms with E-state index in [4.69, 9.17) is 62.8 Å². The quantitative estimate of drug-likeness (QED) is 0.109. The summed E-state index contributed by atoms with van der Waals surface area (Å²) in [5, 5.41) is 62.0. The van der Waals surface area contributed by atoms with E-state index in [1.165, 1.54) is 0 Å². The normalized spacial score (nSPS) is 51.0. The van der Waals surface area contributed by atoms with Gasteiger partial charge in [-0.05, 0) is 19.3 Å². The third-order valence-corrected chi connectivity index (χ3v) is 8.52. The van der Waals surface area contributed by atoms with Crippen molar-refractivity contribution in [3.8, 4) is 0 Å². The maximum atomic E-state index is 11.1. The van der Waals surface area contributed by atoms with Crippen molar-refractivity contribution in [3.05, 3.63) is 0 Å². The van der Waals surface area contributed by atoms with Crippen LogP contribution in [0, 0.1) is 0 Å². The van der Waals surface area contributed by atoms with E-state index in [2.05, 4.69) is 0 Å². The van der Waals surface area contributed by atoms with Crippen LogP contribution in [0.4, 0.5) is 0 Å². The second-order valence-electron chi connectivity index (χ2n) is 11.5. The predicted octanol–water partition coefficient (Wildman–Crippen LogP) is -7.48. The van der Waals surface area contributed by atoms with Crippen LogP contribution in [0.5, 0.6) is 0 Å². The molecular weight excluding hydrogens is 564 g/mol. The molecule has 0 amide bonds. The second-order valence-corrected chi connectivity index (χ2v) is 11.5. The molecule has 3 aliphatic heterocycles. The van der Waals surface area contributed by atoms with Crippen LogP contribution in [0.1, 0.15) is 19.3 Å². The highest BCUT2D eigenvalue weighted by Gasteiger charge is 2.53. The first-order valence-electron chi connectivity index (χ1n) is 14.3. The molecular formula is C24H48N6O12. The molecule has 0 bridgehead atoms. The standard InChI is InChI=1S/C24H48N6O12/c25-4-12-16(34)17(35)14(30)23(38-12)41-20-13(6-32)39-24(18(20)36)42-21-15(33)8(27)3-9(28)19(21)40-22-7(26)1-2-11(37-22)10(29)5-31/h7-24,31-36H,1-6,25-30H2/t7-,8-,9+,10+,11+,12+,13-,14-,15+,16-,17-,18-,19-,20-,21-,22-,23?,24+/m1/s1. The number of ether oxygens (including phenoxy) is 6. The molecule has 0 aromatic heterocycles. The summed E-state index contributed by atoms with van der Waals surface area (Å²) in [4.78, 5) is 0. The van der Waals surface area contributed by atoms with Crippen LogP contribution in [0.25, 0.3) is 0 Å². The van der Waals surface area contributed by atoms with E-state index in [0.29, 0.717) is 12.8 Å². The lowest BCUT2D eigenvalue weighted by atomic mass is 9.84. The van der Waals surface area contributed by atoms with Crippen molar-refractivity contribution in [2.24, 2.45) is 34.4 Å². The minimum Gasteiger partial charge on any atom is -0.395 e. The molecule has 3 saturated heterocycles. The van der Waals surface area contributed by atoms with Crippen LogP contribution in [0.3, 0.4) is 0 Å². The number of hydrogen-bond donors (Lipinski definition) is 12. The number of aliphatic hydroxyl groups is 6. The van der Waals surface area contributed by atoms with Crippen LogP contribution >= 0.6 is 0 Å². The van der Waals surface area contributed by atoms with Crippen molar-refractivity contribution < 1.29 is 59.1 Å². The summed E-state index contributed by atoms with van der Waals surface area (Å²) in [5.41, 5.74) is 36.3. The minimum absolute atomic E-state index is 0.147. The molecule has 1 unspecified atom stereocenters. The van der Waals surface area contributed by atoms with E-state index in [9.17, 15) is 30.6 Å². The Hall–Kier alpha value is -0.720. The van der Waals surface area contributed by atoms with Crippen LogP contribution in [-0.2, 0) is 28.4 Å². The van der Waals surface area contributed by atoms with E-state index in [1.807, 2.05) is 0 Å². The fraction of sp³-hybridized carbons (Fsp3) is 1.00. The van der Waals surface area contributed by atoms with Crippen LogP contribution in [0.2, 0.25) is 0 Å². The number of aliphatic hydroxyl groups excluding tert-OH is 6. The molecule has 18 heteroatoms. The van der Waals surface area contributed by atoms with E-state index >= 15 is 0 Å². The zero-order chi connectivity index (χ0) is 30.9. The summed E-state index contributed by atoms with van der Waals surface area (Å²) in [7, 11) is 0. The molecule has 246 valence electrons. The zero-order valence-corrected chi connectivity index (χ0v) is 23.2. The highest BCUT2D eigenvalue weighted by Crippen LogP contribution is 2.34. The first kappa shape index (κ1) is 34.2. The third kappa shape index (κ3) is 7.06. The summed E-state index contributed by atoms with van der Waals surface area (Å²) in [5.74, 6) is 0. The van der Waals surface area contributed by atoms with Gasteiger partial charge in [0.25, 0.3) is 0 Å². The molecule has 18 nitrogen and oxygen atoms in total. The largest absolute Gasteiger partial charge is 0.395 e. The summed E-state index contributed by atoms with van der Waals surface area (Å²) in [6.45, 7) is -1.06. The fourth-order valence-corrected chi connectivity index (χ4v) is 5.87. The SMILES string of the molecule is NC[C@@H]1OC(O[C@H]2[C@@H](O)[C@H](O[C@@H]3[C@@H](O)[C@H](N)C[C@H](N)[C@H]3O[C@H]3O[C@H]([C@@H](N)CO)CC[C@H]3N)O[C@@H]2CO)[C@H](N)[C@@H](O)[C@@H]1O. The van der Waals surface area contributed by atoms with Crippen molar-refractivity contribution in [2.75, 3.05) is 19.8 Å². The average molecular weight is 613 g/mol. The molecule has 1 aliphatic carbocycles. The van der Waals surface area contributed by atoms with E-state index in [0.717, 1.165) is 0 Å². The van der Waals surface area contributed by atoms with Crippen LogP contribution < -0.4 is 34.4 Å². The van der Waals surface area contributed by atoms with Crippen LogP contribution in [0.15, 0.2) is 0 Å². The summed E-state index contributed by atoms with van der Waals surface area (Å²) in [6, 6.07) is -4.00. The van der Waals surface area contributed by atoms with Gasteiger partial charge in [-0.3, -0.25) is 0 Å². The maximum Gasteiger partial charge on any atom is 0.187 e. The minimum atomic E-state index is -1.55. The third-order valence-electron chi connectivity index (χ3n) is 8.52. The first-order valence-corrected chi connectivity index (χ1v) is 14.3. The number of rotatable bonds is 10. The Kier molecular flexibility index (Phi) is 11.9. The van der Waals surface area contributed by atoms with Crippen molar-refractivity contribution in [3.63, 3.8) is 0 Å². The highest BCUT2D eigenvalue weighted by molar-refractivity contribution is 5.01. The van der Waals surface area contributed by atoms with E-state index in [-0.39, 0.29) is 19.6 Å². The monoisotopic (exact) mass is 612 g/mol. The molecule has 0 radical (unpaired) electrons. The molecule has 0 aromatic rings. The first-order chi connectivity index (χ1) is 19.9. The number of hydrogen-bond acceptors (Lipinski definition) is 18. The molecule has 42 heavy (non-hydrogen) atoms. The Morgan fingerprint density at radius 1 is 0.667 bits per heavy atom. The Bertz CT molecular complexity index is 854. The lowest BCUT2D eigenvalue weighted by Gasteiger charge is -2.46. The van der Waals surface area contributed by atoms with Gasteiger partial charge in [-0.15, -0.1) is 0 Å². The second kappa shape index (κ2) is 14.6. The van der Waals surface area contributed by atoms with Crippen molar-refractivity contribution in [2.45, 2.75) is 129 Å². The van der Waals surface area contributed by atoms with Gasteiger partial charge >= 0.3 is 0 Å². The van der Waals surface area contributed by atoms with Gasteiger partial charge < -0.3 is 93.5 Å². The Morgan fingerprint density at radius 3 is 1.95 bits per heavy atom. The van der Waals surface area contributed by atoms with E-state index in [1.54, 1.807) is 0 Å². The smallest absolute Gasteiger partial charge is 0.187 e. The van der Waals surface area contributed by atoms with Gasteiger partial charge in [0, 0.05) is 18.6 Å². The predicted molar refractivity (Wildman–Crippen MR) is 142 cm³/mol. The average Bonchev–Trinajstić information content (AvgIpc) is 3.27. The maximum absolute atomic E-state index is 11.1. The molecule has 3 heterocycles. The Labute approximate surface area is 243 Å². The van der Waals surface area contributed by atoms with Gasteiger partial charge in [0.1, 0.15) is 48.8 Å². The molecule has 0 aromatic carbocycles. The van der Waals surface area contributed by atoms with Gasteiger partial charge in [0.2, 0.25) is 0 Å². The molecule has 18 atom stereocenters. The fourth-order valence-electron chi connectivity index (χ4n) is 5.87. The van der Waals surface area contributed by atoms with Gasteiger partial charge in [-0.1, -0.05) is 0 Å². The molecule has 4 aliphatic rings. The molecule has 4 fully saturated rings. The number of nitrogens with two attached hydrogens (primary N) is 6. The lowest BCUT2D eigenvalue weighted by Crippen LogP contribution is -2.65. The highest BCUT2D eigenvalue weighted by atomic mass is 16.8. The summed E-state index contributed by atoms with van der Waals surface area (Å²) >= 11 is 0. The molecule has 1 saturated carbocycles. The van der Waals surface area contributed by atoms with E-state index < -0.39 is 117 Å². The summed E-state index contributed by atoms with van der Waals surface area (Å²) in [6.07, 6.45) is -14.5. The topological polar surface area (TPSA) is 333 Å². The zero-order valence-electron chi connectivity index (χ0n) is 23.2.